The number of rotatable bonds is 4. The summed E-state index contributed by atoms with van der Waals surface area (Å²) in [5.74, 6) is -0.561. The summed E-state index contributed by atoms with van der Waals surface area (Å²) >= 11 is 0. The molecule has 1 aliphatic heterocycles. The van der Waals surface area contributed by atoms with Crippen molar-refractivity contribution < 1.29 is 14.3 Å². The van der Waals surface area contributed by atoms with E-state index in [1.165, 1.54) is 18.2 Å². The van der Waals surface area contributed by atoms with Gasteiger partial charge in [-0.2, -0.15) is 0 Å². The minimum absolute atomic E-state index is 0.0936. The van der Waals surface area contributed by atoms with E-state index >= 15 is 0 Å². The van der Waals surface area contributed by atoms with Gasteiger partial charge in [0.2, 0.25) is 0 Å². The van der Waals surface area contributed by atoms with Crippen LogP contribution in [0.25, 0.3) is 0 Å². The number of hydrogen-bond acceptors (Lipinski definition) is 4. The molecule has 4 nitrogen and oxygen atoms in total. The summed E-state index contributed by atoms with van der Waals surface area (Å²) in [7, 11) is 1.39. The molecular formula is C26H27NO3. The SMILES string of the molecule is CCc1ccc([C@H]2C(C(=O)OC)=C(C)NC3=C2C(=O)C[C@@H](c2ccccc2)C3)cc1. The molecule has 2 aromatic rings. The standard InChI is InChI=1S/C26H27NO3/c1-4-17-10-12-19(13-11-17)24-23(26(29)30-3)16(2)27-21-14-20(15-22(28)25(21)24)18-8-6-5-7-9-18/h5-13,20,24,27H,4,14-15H2,1-3H3/t20-,24-/m0/s1. The third-order valence-electron chi connectivity index (χ3n) is 6.23. The van der Waals surface area contributed by atoms with Gasteiger partial charge < -0.3 is 10.1 Å². The highest BCUT2D eigenvalue weighted by Gasteiger charge is 2.41. The maximum absolute atomic E-state index is 13.4. The Bertz CT molecular complexity index is 1030. The number of allylic oxidation sites excluding steroid dienone is 3. The molecule has 0 unspecified atom stereocenters. The molecule has 154 valence electrons. The van der Waals surface area contributed by atoms with Gasteiger partial charge in [-0.1, -0.05) is 61.5 Å². The van der Waals surface area contributed by atoms with Gasteiger partial charge in [0.1, 0.15) is 0 Å². The van der Waals surface area contributed by atoms with Crippen LogP contribution in [0.4, 0.5) is 0 Å². The molecule has 2 atom stereocenters. The van der Waals surface area contributed by atoms with Crippen molar-refractivity contribution in [1.29, 1.82) is 0 Å². The first kappa shape index (κ1) is 20.1. The van der Waals surface area contributed by atoms with E-state index in [0.717, 1.165) is 29.8 Å². The van der Waals surface area contributed by atoms with E-state index < -0.39 is 11.9 Å². The first-order chi connectivity index (χ1) is 14.5. The molecule has 2 aliphatic rings. The van der Waals surface area contributed by atoms with Crippen molar-refractivity contribution in [2.45, 2.75) is 44.9 Å². The zero-order valence-corrected chi connectivity index (χ0v) is 17.7. The van der Waals surface area contributed by atoms with Gasteiger partial charge in [0.15, 0.2) is 5.78 Å². The highest BCUT2D eigenvalue weighted by Crippen LogP contribution is 2.45. The highest BCUT2D eigenvalue weighted by atomic mass is 16.5. The number of ether oxygens (including phenoxy) is 1. The van der Waals surface area contributed by atoms with Crippen molar-refractivity contribution >= 4 is 11.8 Å². The van der Waals surface area contributed by atoms with Crippen molar-refractivity contribution in [3.05, 3.63) is 93.8 Å². The fourth-order valence-electron chi connectivity index (χ4n) is 4.66. The van der Waals surface area contributed by atoms with Crippen LogP contribution in [0.1, 0.15) is 55.2 Å². The van der Waals surface area contributed by atoms with Crippen LogP contribution < -0.4 is 5.32 Å². The average molecular weight is 402 g/mol. The Hall–Kier alpha value is -3.14. The van der Waals surface area contributed by atoms with Crippen molar-refractivity contribution in [3.63, 3.8) is 0 Å². The Labute approximate surface area is 177 Å². The first-order valence-electron chi connectivity index (χ1n) is 10.5. The number of aryl methyl sites for hydroxylation is 1. The van der Waals surface area contributed by atoms with Gasteiger partial charge in [-0.3, -0.25) is 4.79 Å². The Morgan fingerprint density at radius 1 is 1.03 bits per heavy atom. The van der Waals surface area contributed by atoms with E-state index in [-0.39, 0.29) is 11.7 Å². The summed E-state index contributed by atoms with van der Waals surface area (Å²) < 4.78 is 5.09. The largest absolute Gasteiger partial charge is 0.466 e. The monoisotopic (exact) mass is 401 g/mol. The third-order valence-corrected chi connectivity index (χ3v) is 6.23. The normalized spacial score (nSPS) is 21.2. The molecule has 0 radical (unpaired) electrons. The molecule has 4 heteroatoms. The number of methoxy groups -OCH3 is 1. The van der Waals surface area contributed by atoms with Gasteiger partial charge in [-0.25, -0.2) is 4.79 Å². The molecule has 30 heavy (non-hydrogen) atoms. The summed E-state index contributed by atoms with van der Waals surface area (Å²) in [5, 5.41) is 3.37. The highest BCUT2D eigenvalue weighted by molar-refractivity contribution is 6.04. The lowest BCUT2D eigenvalue weighted by Gasteiger charge is -2.36. The average Bonchev–Trinajstić information content (AvgIpc) is 2.78. The van der Waals surface area contributed by atoms with E-state index in [1.807, 2.05) is 37.3 Å². The number of dihydropyridines is 1. The molecular weight excluding hydrogens is 374 g/mol. The number of ketones is 1. The van der Waals surface area contributed by atoms with Crippen molar-refractivity contribution in [3.8, 4) is 0 Å². The van der Waals surface area contributed by atoms with Gasteiger partial charge in [0.05, 0.1) is 12.7 Å². The lowest BCUT2D eigenvalue weighted by Crippen LogP contribution is -2.36. The molecule has 0 amide bonds. The quantitative estimate of drug-likeness (QED) is 0.749. The number of carbonyl (C=O) groups excluding carboxylic acids is 2. The fourth-order valence-corrected chi connectivity index (χ4v) is 4.66. The van der Waals surface area contributed by atoms with Crippen LogP contribution in [-0.4, -0.2) is 18.9 Å². The van der Waals surface area contributed by atoms with Crippen LogP contribution in [0.5, 0.6) is 0 Å². The number of nitrogens with one attached hydrogen (secondary N) is 1. The second kappa shape index (κ2) is 8.31. The molecule has 1 aliphatic carbocycles. The number of carbonyl (C=O) groups is 2. The molecule has 1 heterocycles. The summed E-state index contributed by atoms with van der Waals surface area (Å²) in [6, 6.07) is 18.4. The predicted octanol–water partition coefficient (Wildman–Crippen LogP) is 4.78. The Kier molecular flexibility index (Phi) is 5.58. The van der Waals surface area contributed by atoms with E-state index in [4.69, 9.17) is 4.74 Å². The van der Waals surface area contributed by atoms with Gasteiger partial charge in [-0.05, 0) is 42.4 Å². The van der Waals surface area contributed by atoms with Gasteiger partial charge in [0, 0.05) is 29.3 Å². The number of Topliss-reactive ketones (excluding diaryl/α,β-unsaturated/α-hetero) is 1. The number of hydrogen-bond donors (Lipinski definition) is 1. The molecule has 2 aromatic carbocycles. The molecule has 0 saturated heterocycles. The minimum atomic E-state index is -0.399. The van der Waals surface area contributed by atoms with Gasteiger partial charge >= 0.3 is 5.97 Å². The lowest BCUT2D eigenvalue weighted by molar-refractivity contribution is -0.136. The fraction of sp³-hybridized carbons (Fsp3) is 0.308. The summed E-state index contributed by atoms with van der Waals surface area (Å²) in [6.45, 7) is 4.00. The topological polar surface area (TPSA) is 55.4 Å². The minimum Gasteiger partial charge on any atom is -0.466 e. The van der Waals surface area contributed by atoms with Gasteiger partial charge in [0.25, 0.3) is 0 Å². The van der Waals surface area contributed by atoms with Crippen LogP contribution in [0.2, 0.25) is 0 Å². The lowest BCUT2D eigenvalue weighted by atomic mass is 9.71. The van der Waals surface area contributed by atoms with E-state index in [9.17, 15) is 9.59 Å². The number of benzene rings is 2. The Morgan fingerprint density at radius 3 is 2.37 bits per heavy atom. The van der Waals surface area contributed by atoms with Crippen LogP contribution in [0.3, 0.4) is 0 Å². The zero-order chi connectivity index (χ0) is 21.3. The zero-order valence-electron chi connectivity index (χ0n) is 17.7. The van der Waals surface area contributed by atoms with Crippen molar-refractivity contribution in [2.75, 3.05) is 7.11 Å². The van der Waals surface area contributed by atoms with E-state index in [1.54, 1.807) is 0 Å². The van der Waals surface area contributed by atoms with Gasteiger partial charge in [-0.15, -0.1) is 0 Å². The summed E-state index contributed by atoms with van der Waals surface area (Å²) in [5.41, 5.74) is 6.25. The summed E-state index contributed by atoms with van der Waals surface area (Å²) in [6.07, 6.45) is 2.14. The van der Waals surface area contributed by atoms with E-state index in [0.29, 0.717) is 17.6 Å². The Morgan fingerprint density at radius 2 is 1.73 bits per heavy atom. The van der Waals surface area contributed by atoms with Crippen LogP contribution in [0, 0.1) is 0 Å². The summed E-state index contributed by atoms with van der Waals surface area (Å²) in [4.78, 5) is 26.1. The van der Waals surface area contributed by atoms with Crippen molar-refractivity contribution in [2.24, 2.45) is 0 Å². The first-order valence-corrected chi connectivity index (χ1v) is 10.5. The molecule has 0 spiro atoms. The molecule has 0 aromatic heterocycles. The maximum atomic E-state index is 13.4. The van der Waals surface area contributed by atoms with E-state index in [2.05, 4.69) is 36.5 Å². The second-order valence-corrected chi connectivity index (χ2v) is 8.01. The maximum Gasteiger partial charge on any atom is 0.336 e. The van der Waals surface area contributed by atoms with Crippen molar-refractivity contribution in [1.82, 2.24) is 5.32 Å². The molecule has 4 rings (SSSR count). The molecule has 1 N–H and O–H groups in total. The molecule has 0 saturated carbocycles. The predicted molar refractivity (Wildman–Crippen MR) is 117 cm³/mol. The molecule has 0 bridgehead atoms. The second-order valence-electron chi connectivity index (χ2n) is 8.01. The van der Waals surface area contributed by atoms with Crippen LogP contribution in [-0.2, 0) is 20.7 Å². The molecule has 0 fully saturated rings. The smallest absolute Gasteiger partial charge is 0.336 e. The Balaban J connectivity index is 1.80. The third kappa shape index (κ3) is 3.58. The van der Waals surface area contributed by atoms with Crippen LogP contribution in [0.15, 0.2) is 77.1 Å². The number of esters is 1. The van der Waals surface area contributed by atoms with Crippen LogP contribution >= 0.6 is 0 Å².